The molecule has 0 N–H and O–H groups in total. The van der Waals surface area contributed by atoms with Gasteiger partial charge in [0.15, 0.2) is 11.5 Å². The molecule has 1 heterocycles. The van der Waals surface area contributed by atoms with Gasteiger partial charge < -0.3 is 14.2 Å². The summed E-state index contributed by atoms with van der Waals surface area (Å²) in [5.74, 6) is 1.39. The van der Waals surface area contributed by atoms with E-state index in [2.05, 4.69) is 18.2 Å². The van der Waals surface area contributed by atoms with Gasteiger partial charge in [0.2, 0.25) is 0 Å². The van der Waals surface area contributed by atoms with Crippen LogP contribution in [0.4, 0.5) is 0 Å². The maximum Gasteiger partial charge on any atom is 0.161 e. The van der Waals surface area contributed by atoms with E-state index in [-0.39, 0.29) is 5.38 Å². The van der Waals surface area contributed by atoms with Crippen LogP contribution in [0.1, 0.15) is 27.6 Å². The SMILES string of the molecule is COc1ccc(C(Cl)c2ccc3c(c2)COC3)cc1OC. The van der Waals surface area contributed by atoms with E-state index in [9.17, 15) is 0 Å². The van der Waals surface area contributed by atoms with Crippen molar-refractivity contribution in [2.75, 3.05) is 14.2 Å². The maximum absolute atomic E-state index is 6.62. The highest BCUT2D eigenvalue weighted by atomic mass is 35.5. The summed E-state index contributed by atoms with van der Waals surface area (Å²) in [4.78, 5) is 0. The van der Waals surface area contributed by atoms with Crippen molar-refractivity contribution in [1.82, 2.24) is 0 Å². The van der Waals surface area contributed by atoms with Gasteiger partial charge in [-0.3, -0.25) is 0 Å². The maximum atomic E-state index is 6.62. The fourth-order valence-corrected chi connectivity index (χ4v) is 2.82. The number of ether oxygens (including phenoxy) is 3. The van der Waals surface area contributed by atoms with Crippen molar-refractivity contribution in [3.05, 3.63) is 58.7 Å². The normalized spacial score (nSPS) is 14.6. The summed E-state index contributed by atoms with van der Waals surface area (Å²) >= 11 is 6.62. The van der Waals surface area contributed by atoms with Crippen LogP contribution in [0.15, 0.2) is 36.4 Å². The smallest absolute Gasteiger partial charge is 0.161 e. The van der Waals surface area contributed by atoms with Gasteiger partial charge >= 0.3 is 0 Å². The monoisotopic (exact) mass is 304 g/mol. The van der Waals surface area contributed by atoms with Crippen LogP contribution in [0.5, 0.6) is 11.5 Å². The van der Waals surface area contributed by atoms with Gasteiger partial charge in [-0.25, -0.2) is 0 Å². The number of benzene rings is 2. The zero-order valence-corrected chi connectivity index (χ0v) is 12.8. The molecule has 0 amide bonds. The molecule has 3 rings (SSSR count). The second kappa shape index (κ2) is 5.96. The topological polar surface area (TPSA) is 27.7 Å². The van der Waals surface area contributed by atoms with E-state index in [1.165, 1.54) is 11.1 Å². The second-order valence-electron chi connectivity index (χ2n) is 5.00. The van der Waals surface area contributed by atoms with Gasteiger partial charge in [-0.1, -0.05) is 24.3 Å². The first-order valence-corrected chi connectivity index (χ1v) is 7.22. The van der Waals surface area contributed by atoms with Crippen molar-refractivity contribution >= 4 is 11.6 Å². The molecule has 0 fully saturated rings. The molecule has 0 saturated heterocycles. The fraction of sp³-hybridized carbons (Fsp3) is 0.294. The zero-order chi connectivity index (χ0) is 14.8. The highest BCUT2D eigenvalue weighted by molar-refractivity contribution is 6.22. The molecule has 3 nitrogen and oxygen atoms in total. The van der Waals surface area contributed by atoms with E-state index in [1.54, 1.807) is 14.2 Å². The van der Waals surface area contributed by atoms with E-state index in [0.29, 0.717) is 24.7 Å². The molecule has 2 aromatic rings. The number of rotatable bonds is 4. The fourth-order valence-electron chi connectivity index (χ4n) is 2.55. The summed E-state index contributed by atoms with van der Waals surface area (Å²) in [6.45, 7) is 1.36. The number of alkyl halides is 1. The minimum Gasteiger partial charge on any atom is -0.493 e. The molecule has 0 aliphatic carbocycles. The van der Waals surface area contributed by atoms with Crippen molar-refractivity contribution in [2.45, 2.75) is 18.6 Å². The number of hydrogen-bond donors (Lipinski definition) is 0. The molecule has 1 aliphatic heterocycles. The van der Waals surface area contributed by atoms with Crippen molar-refractivity contribution in [3.8, 4) is 11.5 Å². The van der Waals surface area contributed by atoms with Gasteiger partial charge in [0.25, 0.3) is 0 Å². The van der Waals surface area contributed by atoms with Crippen LogP contribution in [-0.2, 0) is 18.0 Å². The largest absolute Gasteiger partial charge is 0.493 e. The van der Waals surface area contributed by atoms with Crippen LogP contribution in [0.25, 0.3) is 0 Å². The summed E-state index contributed by atoms with van der Waals surface area (Å²) in [7, 11) is 3.24. The minimum absolute atomic E-state index is 0.226. The van der Waals surface area contributed by atoms with Crippen molar-refractivity contribution in [1.29, 1.82) is 0 Å². The lowest BCUT2D eigenvalue weighted by Gasteiger charge is -2.14. The van der Waals surface area contributed by atoms with Gasteiger partial charge in [0, 0.05) is 0 Å². The molecule has 0 bridgehead atoms. The Morgan fingerprint density at radius 2 is 1.57 bits per heavy atom. The Labute approximate surface area is 129 Å². The number of methoxy groups -OCH3 is 2. The molecule has 0 aromatic heterocycles. The van der Waals surface area contributed by atoms with Gasteiger partial charge in [-0.05, 0) is 34.4 Å². The van der Waals surface area contributed by atoms with Crippen LogP contribution < -0.4 is 9.47 Å². The number of hydrogen-bond acceptors (Lipinski definition) is 3. The molecule has 0 saturated carbocycles. The first-order chi connectivity index (χ1) is 10.2. The standard InChI is InChI=1S/C17H17ClO3/c1-19-15-6-5-12(8-16(15)20-2)17(18)11-3-4-13-9-21-10-14(13)7-11/h3-8,17H,9-10H2,1-2H3. The molecule has 1 atom stereocenters. The third-order valence-electron chi connectivity index (χ3n) is 3.74. The zero-order valence-electron chi connectivity index (χ0n) is 12.1. The lowest BCUT2D eigenvalue weighted by Crippen LogP contribution is -1.97. The Morgan fingerprint density at radius 3 is 2.33 bits per heavy atom. The van der Waals surface area contributed by atoms with E-state index < -0.39 is 0 Å². The van der Waals surface area contributed by atoms with Crippen molar-refractivity contribution in [3.63, 3.8) is 0 Å². The molecule has 4 heteroatoms. The molecule has 21 heavy (non-hydrogen) atoms. The van der Waals surface area contributed by atoms with Crippen molar-refractivity contribution in [2.24, 2.45) is 0 Å². The average molecular weight is 305 g/mol. The predicted octanol–water partition coefficient (Wildman–Crippen LogP) is 4.06. The van der Waals surface area contributed by atoms with Gasteiger partial charge in [0.1, 0.15) is 0 Å². The third-order valence-corrected chi connectivity index (χ3v) is 4.24. The molecule has 110 valence electrons. The summed E-state index contributed by atoms with van der Waals surface area (Å²) in [6, 6.07) is 12.0. The second-order valence-corrected chi connectivity index (χ2v) is 5.43. The molecule has 2 aromatic carbocycles. The minimum atomic E-state index is -0.226. The lowest BCUT2D eigenvalue weighted by atomic mass is 10.00. The Balaban J connectivity index is 1.93. The van der Waals surface area contributed by atoms with E-state index in [0.717, 1.165) is 11.1 Å². The summed E-state index contributed by atoms with van der Waals surface area (Å²) in [5.41, 5.74) is 4.51. The van der Waals surface area contributed by atoms with Crippen LogP contribution >= 0.6 is 11.6 Å². The molecule has 1 unspecified atom stereocenters. The Hall–Kier alpha value is -1.71. The van der Waals surface area contributed by atoms with Crippen LogP contribution in [0.3, 0.4) is 0 Å². The summed E-state index contributed by atoms with van der Waals surface area (Å²) in [6.07, 6.45) is 0. The first kappa shape index (κ1) is 14.2. The van der Waals surface area contributed by atoms with Crippen LogP contribution in [0, 0.1) is 0 Å². The molecular weight excluding hydrogens is 288 g/mol. The number of fused-ring (bicyclic) bond motifs is 1. The summed E-state index contributed by atoms with van der Waals surface area (Å²) in [5, 5.41) is -0.226. The van der Waals surface area contributed by atoms with Crippen LogP contribution in [-0.4, -0.2) is 14.2 Å². The average Bonchev–Trinajstić information content (AvgIpc) is 3.00. The third kappa shape index (κ3) is 2.71. The van der Waals surface area contributed by atoms with E-state index in [1.807, 2.05) is 18.2 Å². The van der Waals surface area contributed by atoms with Crippen molar-refractivity contribution < 1.29 is 14.2 Å². The molecule has 0 spiro atoms. The molecular formula is C17H17ClO3. The van der Waals surface area contributed by atoms with Crippen LogP contribution in [0.2, 0.25) is 0 Å². The lowest BCUT2D eigenvalue weighted by molar-refractivity contribution is 0.134. The van der Waals surface area contributed by atoms with Gasteiger partial charge in [-0.2, -0.15) is 0 Å². The molecule has 0 radical (unpaired) electrons. The van der Waals surface area contributed by atoms with Gasteiger partial charge in [0.05, 0.1) is 32.8 Å². The van der Waals surface area contributed by atoms with E-state index in [4.69, 9.17) is 25.8 Å². The Kier molecular flexibility index (Phi) is 4.04. The highest BCUT2D eigenvalue weighted by Crippen LogP contribution is 2.36. The van der Waals surface area contributed by atoms with E-state index >= 15 is 0 Å². The Morgan fingerprint density at radius 1 is 0.905 bits per heavy atom. The summed E-state index contributed by atoms with van der Waals surface area (Å²) < 4.78 is 16.0. The molecule has 1 aliphatic rings. The quantitative estimate of drug-likeness (QED) is 0.797. The van der Waals surface area contributed by atoms with Gasteiger partial charge in [-0.15, -0.1) is 11.6 Å². The number of halogens is 1. The first-order valence-electron chi connectivity index (χ1n) is 6.78. The predicted molar refractivity (Wildman–Crippen MR) is 82.2 cm³/mol. The Bertz CT molecular complexity index is 654. The highest BCUT2D eigenvalue weighted by Gasteiger charge is 2.17.